The van der Waals surface area contributed by atoms with Crippen LogP contribution in [0.2, 0.25) is 0 Å². The van der Waals surface area contributed by atoms with Crippen LogP contribution in [0.25, 0.3) is 0 Å². The summed E-state index contributed by atoms with van der Waals surface area (Å²) in [6, 6.07) is 28.1. The van der Waals surface area contributed by atoms with Crippen molar-refractivity contribution in [1.82, 2.24) is 9.80 Å². The maximum Gasteiger partial charge on any atom is 0.226 e. The Balaban J connectivity index is 1.30. The van der Waals surface area contributed by atoms with Gasteiger partial charge in [-0.1, -0.05) is 72.8 Å². The van der Waals surface area contributed by atoms with Gasteiger partial charge in [0.05, 0.1) is 6.42 Å². The fourth-order valence-electron chi connectivity index (χ4n) is 4.89. The van der Waals surface area contributed by atoms with Crippen molar-refractivity contribution < 1.29 is 9.18 Å². The molecule has 0 radical (unpaired) electrons. The molecule has 4 rings (SSSR count). The largest absolute Gasteiger partial charge is 0.342 e. The zero-order valence-electron chi connectivity index (χ0n) is 19.4. The van der Waals surface area contributed by atoms with E-state index in [1.165, 1.54) is 23.3 Å². The van der Waals surface area contributed by atoms with Gasteiger partial charge in [-0.05, 0) is 54.6 Å². The van der Waals surface area contributed by atoms with Gasteiger partial charge in [-0.3, -0.25) is 4.79 Å². The summed E-state index contributed by atoms with van der Waals surface area (Å²) in [6.45, 7) is 3.04. The van der Waals surface area contributed by atoms with Gasteiger partial charge in [-0.2, -0.15) is 0 Å². The lowest BCUT2D eigenvalue weighted by Crippen LogP contribution is -2.46. The van der Waals surface area contributed by atoms with Crippen molar-refractivity contribution in [3.8, 4) is 0 Å². The van der Waals surface area contributed by atoms with Crippen LogP contribution in [-0.2, 0) is 11.2 Å². The van der Waals surface area contributed by atoms with E-state index >= 15 is 0 Å². The molecular weight excluding hydrogens is 411 g/mol. The van der Waals surface area contributed by atoms with E-state index in [1.54, 1.807) is 6.07 Å². The van der Waals surface area contributed by atoms with Crippen LogP contribution in [0.1, 0.15) is 41.9 Å². The monoisotopic (exact) mass is 444 g/mol. The first-order chi connectivity index (χ1) is 16.1. The Hall–Kier alpha value is -2.98. The highest BCUT2D eigenvalue weighted by atomic mass is 19.1. The molecule has 1 saturated heterocycles. The number of nitrogens with zero attached hydrogens (tertiary/aromatic N) is 2. The Morgan fingerprint density at radius 1 is 0.939 bits per heavy atom. The molecule has 3 aromatic carbocycles. The van der Waals surface area contributed by atoms with Crippen LogP contribution in [0, 0.1) is 5.82 Å². The van der Waals surface area contributed by atoms with E-state index in [0.717, 1.165) is 44.5 Å². The summed E-state index contributed by atoms with van der Waals surface area (Å²) < 4.78 is 13.4. The van der Waals surface area contributed by atoms with Gasteiger partial charge in [0.25, 0.3) is 0 Å². The quantitative estimate of drug-likeness (QED) is 0.457. The van der Waals surface area contributed by atoms with Crippen LogP contribution >= 0.6 is 0 Å². The zero-order chi connectivity index (χ0) is 23.0. The molecule has 1 aliphatic rings. The summed E-state index contributed by atoms with van der Waals surface area (Å²) in [4.78, 5) is 17.1. The highest BCUT2D eigenvalue weighted by Gasteiger charge is 2.26. The van der Waals surface area contributed by atoms with Gasteiger partial charge in [0.15, 0.2) is 0 Å². The number of amides is 1. The third-order valence-corrected chi connectivity index (χ3v) is 6.88. The molecular formula is C29H33FN2O. The van der Waals surface area contributed by atoms with Crippen molar-refractivity contribution in [3.63, 3.8) is 0 Å². The average molecular weight is 445 g/mol. The molecule has 1 fully saturated rings. The first-order valence-electron chi connectivity index (χ1n) is 11.9. The molecule has 3 nitrogen and oxygen atoms in total. The van der Waals surface area contributed by atoms with Crippen molar-refractivity contribution in [3.05, 3.63) is 107 Å². The van der Waals surface area contributed by atoms with E-state index in [0.29, 0.717) is 5.92 Å². The van der Waals surface area contributed by atoms with Crippen molar-refractivity contribution >= 4 is 5.91 Å². The van der Waals surface area contributed by atoms with Gasteiger partial charge in [-0.25, -0.2) is 4.39 Å². The molecule has 1 aliphatic heterocycles. The molecule has 172 valence electrons. The van der Waals surface area contributed by atoms with Crippen LogP contribution in [0.15, 0.2) is 84.9 Å². The predicted molar refractivity (Wildman–Crippen MR) is 132 cm³/mol. The summed E-state index contributed by atoms with van der Waals surface area (Å²) in [5, 5.41) is 0. The Morgan fingerprint density at radius 2 is 1.55 bits per heavy atom. The third kappa shape index (κ3) is 6.29. The number of likely N-dealkylation sites (N-methyl/N-ethyl adjacent to an activating group) is 1. The van der Waals surface area contributed by atoms with Gasteiger partial charge >= 0.3 is 0 Å². The van der Waals surface area contributed by atoms with Crippen LogP contribution in [0.3, 0.4) is 0 Å². The summed E-state index contributed by atoms with van der Waals surface area (Å²) in [5.74, 6) is 0.161. The van der Waals surface area contributed by atoms with Crippen molar-refractivity contribution in [1.29, 1.82) is 0 Å². The van der Waals surface area contributed by atoms with Crippen LogP contribution in [0.5, 0.6) is 0 Å². The molecule has 3 aromatic rings. The molecule has 1 amide bonds. The van der Waals surface area contributed by atoms with Gasteiger partial charge in [0.2, 0.25) is 5.91 Å². The number of hydrogen-bond acceptors (Lipinski definition) is 2. The van der Waals surface area contributed by atoms with E-state index < -0.39 is 0 Å². The Morgan fingerprint density at radius 3 is 2.12 bits per heavy atom. The zero-order valence-corrected chi connectivity index (χ0v) is 19.4. The number of likely N-dealkylation sites (tertiary alicyclic amines) is 1. The lowest BCUT2D eigenvalue weighted by atomic mass is 9.88. The summed E-state index contributed by atoms with van der Waals surface area (Å²) in [6.07, 6.45) is 3.29. The van der Waals surface area contributed by atoms with E-state index in [4.69, 9.17) is 0 Å². The van der Waals surface area contributed by atoms with E-state index in [2.05, 4.69) is 65.6 Å². The molecule has 0 spiro atoms. The number of carbonyl (C=O) groups is 1. The molecule has 33 heavy (non-hydrogen) atoms. The molecule has 0 aliphatic carbocycles. The fraction of sp³-hybridized carbons (Fsp3) is 0.345. The molecule has 0 aromatic heterocycles. The highest BCUT2D eigenvalue weighted by Crippen LogP contribution is 2.29. The number of halogens is 1. The summed E-state index contributed by atoms with van der Waals surface area (Å²) >= 11 is 0. The van der Waals surface area contributed by atoms with E-state index in [1.807, 2.05) is 18.0 Å². The predicted octanol–water partition coefficient (Wildman–Crippen LogP) is 5.51. The lowest BCUT2D eigenvalue weighted by Gasteiger charge is -2.37. The summed E-state index contributed by atoms with van der Waals surface area (Å²) in [5.41, 5.74) is 3.46. The maximum absolute atomic E-state index is 13.4. The van der Waals surface area contributed by atoms with Gasteiger partial charge < -0.3 is 9.80 Å². The Kier molecular flexibility index (Phi) is 7.90. The molecule has 0 saturated carbocycles. The third-order valence-electron chi connectivity index (χ3n) is 6.88. The van der Waals surface area contributed by atoms with Crippen LogP contribution < -0.4 is 0 Å². The van der Waals surface area contributed by atoms with Gasteiger partial charge in [0.1, 0.15) is 5.82 Å². The second-order valence-electron chi connectivity index (χ2n) is 9.05. The number of rotatable bonds is 8. The van der Waals surface area contributed by atoms with Gasteiger partial charge in [0, 0.05) is 32.1 Å². The first-order valence-corrected chi connectivity index (χ1v) is 11.9. The topological polar surface area (TPSA) is 23.6 Å². The lowest BCUT2D eigenvalue weighted by molar-refractivity contribution is -0.132. The average Bonchev–Trinajstić information content (AvgIpc) is 2.85. The highest BCUT2D eigenvalue weighted by molar-refractivity contribution is 5.78. The number of piperidine rings is 1. The number of benzene rings is 3. The van der Waals surface area contributed by atoms with Crippen LogP contribution in [-0.4, -0.2) is 48.4 Å². The van der Waals surface area contributed by atoms with E-state index in [9.17, 15) is 9.18 Å². The van der Waals surface area contributed by atoms with Crippen LogP contribution in [0.4, 0.5) is 4.39 Å². The normalized spacial score (nSPS) is 15.0. The molecule has 0 atom stereocenters. The molecule has 0 unspecified atom stereocenters. The standard InChI is InChI=1S/C29H33FN2O/c1-31(29(33)22-23-9-8-14-26(30)21-23)27-15-18-32(19-16-27)20-17-28(24-10-4-2-5-11-24)25-12-6-3-7-13-25/h2-14,21,27-28H,15-20,22H2,1H3. The minimum absolute atomic E-state index is 0.0623. The smallest absolute Gasteiger partial charge is 0.226 e. The first kappa shape index (κ1) is 23.2. The Bertz CT molecular complexity index is 977. The number of hydrogen-bond donors (Lipinski definition) is 0. The van der Waals surface area contributed by atoms with Crippen molar-refractivity contribution in [2.75, 3.05) is 26.7 Å². The van der Waals surface area contributed by atoms with Crippen molar-refractivity contribution in [2.45, 2.75) is 37.6 Å². The fourth-order valence-corrected chi connectivity index (χ4v) is 4.89. The molecule has 0 N–H and O–H groups in total. The maximum atomic E-state index is 13.4. The van der Waals surface area contributed by atoms with Gasteiger partial charge in [-0.15, -0.1) is 0 Å². The Labute approximate surface area is 196 Å². The second kappa shape index (κ2) is 11.2. The second-order valence-corrected chi connectivity index (χ2v) is 9.05. The molecule has 0 bridgehead atoms. The summed E-state index contributed by atoms with van der Waals surface area (Å²) in [7, 11) is 1.89. The van der Waals surface area contributed by atoms with Crippen molar-refractivity contribution in [2.24, 2.45) is 0 Å². The molecule has 4 heteroatoms. The molecule has 1 heterocycles. The minimum Gasteiger partial charge on any atom is -0.342 e. The minimum atomic E-state index is -0.291. The number of carbonyl (C=O) groups excluding carboxylic acids is 1. The van der Waals surface area contributed by atoms with E-state index in [-0.39, 0.29) is 24.2 Å². The SMILES string of the molecule is CN(C(=O)Cc1cccc(F)c1)C1CCN(CCC(c2ccccc2)c2ccccc2)CC1.